The fraction of sp³-hybridized carbons (Fsp3) is 0.222. The molecule has 0 saturated carbocycles. The first-order valence-corrected chi connectivity index (χ1v) is 11.5. The van der Waals surface area contributed by atoms with Crippen LogP contribution >= 0.6 is 12.2 Å². The standard InChI is InChI=1S/C27H25NO7S/c1-32-22-13-16(14-23(33-2)24(22)34-3)25(29)28-11-10-18-17-6-4-5-7-19(17)27(36)35-21-9-8-15(26(30)31)12-20(18)21/h4-9,12-14,18H,10-11H2,1-3H3,(H,28,29)(H,30,31). The Hall–Kier alpha value is -4.11. The van der Waals surface area contributed by atoms with Crippen LogP contribution in [-0.4, -0.2) is 49.9 Å². The van der Waals surface area contributed by atoms with Crippen molar-refractivity contribution in [2.24, 2.45) is 0 Å². The molecule has 0 spiro atoms. The van der Waals surface area contributed by atoms with Gasteiger partial charge in [-0.15, -0.1) is 0 Å². The van der Waals surface area contributed by atoms with E-state index in [9.17, 15) is 14.7 Å². The zero-order valence-electron chi connectivity index (χ0n) is 20.0. The van der Waals surface area contributed by atoms with Gasteiger partial charge in [0.15, 0.2) is 16.5 Å². The number of amides is 1. The summed E-state index contributed by atoms with van der Waals surface area (Å²) in [5.41, 5.74) is 2.87. The summed E-state index contributed by atoms with van der Waals surface area (Å²) in [4.78, 5) is 24.6. The van der Waals surface area contributed by atoms with Gasteiger partial charge in [-0.2, -0.15) is 0 Å². The second-order valence-electron chi connectivity index (χ2n) is 8.05. The molecule has 186 valence electrons. The van der Waals surface area contributed by atoms with E-state index in [1.165, 1.54) is 27.4 Å². The highest BCUT2D eigenvalue weighted by atomic mass is 32.1. The molecule has 4 rings (SSSR count). The lowest BCUT2D eigenvalue weighted by molar-refractivity contribution is 0.0696. The van der Waals surface area contributed by atoms with E-state index in [4.69, 9.17) is 31.2 Å². The molecule has 2 N–H and O–H groups in total. The van der Waals surface area contributed by atoms with Crippen molar-refractivity contribution in [3.8, 4) is 23.0 Å². The van der Waals surface area contributed by atoms with Crippen LogP contribution in [0.15, 0.2) is 54.6 Å². The number of benzene rings is 3. The van der Waals surface area contributed by atoms with Gasteiger partial charge in [0.05, 0.1) is 26.9 Å². The van der Waals surface area contributed by atoms with Gasteiger partial charge in [0.25, 0.3) is 5.91 Å². The first kappa shape index (κ1) is 25.0. The molecule has 0 aromatic heterocycles. The first-order valence-electron chi connectivity index (χ1n) is 11.1. The van der Waals surface area contributed by atoms with Crippen LogP contribution in [0.2, 0.25) is 0 Å². The monoisotopic (exact) mass is 507 g/mol. The van der Waals surface area contributed by atoms with E-state index in [-0.39, 0.29) is 17.4 Å². The molecule has 1 unspecified atom stereocenters. The van der Waals surface area contributed by atoms with Gasteiger partial charge in [0, 0.05) is 29.2 Å². The number of carboxylic acids is 1. The maximum Gasteiger partial charge on any atom is 0.335 e. The minimum absolute atomic E-state index is 0.147. The van der Waals surface area contributed by atoms with E-state index in [0.717, 1.165) is 11.1 Å². The van der Waals surface area contributed by atoms with E-state index in [1.807, 2.05) is 24.3 Å². The summed E-state index contributed by atoms with van der Waals surface area (Å²) in [5.74, 6) is 0.0440. The molecule has 3 aromatic carbocycles. The smallest absolute Gasteiger partial charge is 0.335 e. The fourth-order valence-corrected chi connectivity index (χ4v) is 4.59. The number of rotatable bonds is 8. The zero-order chi connectivity index (χ0) is 25.8. The third-order valence-corrected chi connectivity index (χ3v) is 6.34. The number of ether oxygens (including phenoxy) is 4. The molecule has 1 atom stereocenters. The van der Waals surface area contributed by atoms with Gasteiger partial charge in [-0.3, -0.25) is 4.79 Å². The van der Waals surface area contributed by atoms with Gasteiger partial charge in [-0.1, -0.05) is 24.3 Å². The van der Waals surface area contributed by atoms with Crippen LogP contribution in [0.5, 0.6) is 23.0 Å². The number of aromatic carboxylic acids is 1. The zero-order valence-corrected chi connectivity index (χ0v) is 20.8. The molecule has 0 radical (unpaired) electrons. The highest BCUT2D eigenvalue weighted by Gasteiger charge is 2.28. The molecule has 0 aliphatic carbocycles. The van der Waals surface area contributed by atoms with Crippen LogP contribution < -0.4 is 24.3 Å². The van der Waals surface area contributed by atoms with Gasteiger partial charge >= 0.3 is 5.97 Å². The number of fused-ring (bicyclic) bond motifs is 2. The van der Waals surface area contributed by atoms with Crippen LogP contribution in [-0.2, 0) is 0 Å². The molecule has 8 nitrogen and oxygen atoms in total. The van der Waals surface area contributed by atoms with E-state index in [1.54, 1.807) is 24.3 Å². The maximum absolute atomic E-state index is 13.0. The molecule has 1 amide bonds. The first-order chi connectivity index (χ1) is 17.4. The van der Waals surface area contributed by atoms with Crippen molar-refractivity contribution < 1.29 is 33.6 Å². The van der Waals surface area contributed by atoms with Crippen LogP contribution in [0, 0.1) is 0 Å². The fourth-order valence-electron chi connectivity index (χ4n) is 4.31. The maximum atomic E-state index is 13.0. The van der Waals surface area contributed by atoms with Gasteiger partial charge in [-0.05, 0) is 54.5 Å². The van der Waals surface area contributed by atoms with Crippen molar-refractivity contribution in [3.05, 3.63) is 82.4 Å². The highest BCUT2D eigenvalue weighted by Crippen LogP contribution is 2.40. The van der Waals surface area contributed by atoms with Crippen LogP contribution in [0.4, 0.5) is 0 Å². The molecule has 0 fully saturated rings. The van der Waals surface area contributed by atoms with Crippen molar-refractivity contribution in [2.75, 3.05) is 27.9 Å². The summed E-state index contributed by atoms with van der Waals surface area (Å²) in [6, 6.07) is 15.5. The Bertz CT molecular complexity index is 1310. The SMILES string of the molecule is COc1cc(C(=O)NCCC2c3cc(C(=O)O)ccc3OC(=S)c3ccccc32)cc(OC)c1OC. The van der Waals surface area contributed by atoms with E-state index >= 15 is 0 Å². The van der Waals surface area contributed by atoms with Crippen molar-refractivity contribution >= 4 is 29.1 Å². The van der Waals surface area contributed by atoms with Crippen molar-refractivity contribution in [3.63, 3.8) is 0 Å². The lowest BCUT2D eigenvalue weighted by Crippen LogP contribution is -2.26. The van der Waals surface area contributed by atoms with Crippen LogP contribution in [0.3, 0.4) is 0 Å². The molecule has 0 bridgehead atoms. The molecule has 1 aliphatic heterocycles. The van der Waals surface area contributed by atoms with Gasteiger partial charge in [0.1, 0.15) is 5.75 Å². The van der Waals surface area contributed by atoms with Gasteiger partial charge in [0.2, 0.25) is 5.75 Å². The second kappa shape index (κ2) is 10.7. The molecule has 1 aliphatic rings. The predicted molar refractivity (Wildman–Crippen MR) is 137 cm³/mol. The molecule has 36 heavy (non-hydrogen) atoms. The number of methoxy groups -OCH3 is 3. The highest BCUT2D eigenvalue weighted by molar-refractivity contribution is 7.80. The molecular formula is C27H25NO7S. The van der Waals surface area contributed by atoms with Gasteiger partial charge in [-0.25, -0.2) is 4.79 Å². The lowest BCUT2D eigenvalue weighted by atomic mass is 9.85. The third-order valence-electron chi connectivity index (χ3n) is 6.04. The number of carbonyl (C=O) groups is 2. The topological polar surface area (TPSA) is 103 Å². The van der Waals surface area contributed by atoms with Gasteiger partial charge < -0.3 is 29.4 Å². The number of hydrogen-bond acceptors (Lipinski definition) is 7. The summed E-state index contributed by atoms with van der Waals surface area (Å²) in [7, 11) is 4.46. The van der Waals surface area contributed by atoms with Crippen molar-refractivity contribution in [1.82, 2.24) is 5.32 Å². The summed E-state index contributed by atoms with van der Waals surface area (Å²) >= 11 is 5.50. The number of hydrogen-bond donors (Lipinski definition) is 2. The summed E-state index contributed by atoms with van der Waals surface area (Å²) in [6.45, 7) is 0.304. The molecule has 0 saturated heterocycles. The minimum Gasteiger partial charge on any atom is -0.493 e. The summed E-state index contributed by atoms with van der Waals surface area (Å²) in [5, 5.41) is 12.8. The Labute approximate surface area is 213 Å². The molecular weight excluding hydrogens is 482 g/mol. The molecule has 1 heterocycles. The average Bonchev–Trinajstić information content (AvgIpc) is 3.01. The summed E-state index contributed by atoms with van der Waals surface area (Å²) < 4.78 is 21.9. The predicted octanol–water partition coefficient (Wildman–Crippen LogP) is 4.43. The Balaban J connectivity index is 1.62. The summed E-state index contributed by atoms with van der Waals surface area (Å²) in [6.07, 6.45) is 0.481. The Morgan fingerprint density at radius 2 is 1.64 bits per heavy atom. The number of nitrogens with one attached hydrogen (secondary N) is 1. The lowest BCUT2D eigenvalue weighted by Gasteiger charge is -2.20. The normalized spacial score (nSPS) is 14.0. The number of carboxylic acid groups (broad SMARTS) is 1. The number of thiocarbonyl (C=S) groups is 1. The van der Waals surface area contributed by atoms with Crippen LogP contribution in [0.25, 0.3) is 0 Å². The molecule has 3 aromatic rings. The Morgan fingerprint density at radius 3 is 2.28 bits per heavy atom. The van der Waals surface area contributed by atoms with Crippen molar-refractivity contribution in [1.29, 1.82) is 0 Å². The van der Waals surface area contributed by atoms with Crippen molar-refractivity contribution in [2.45, 2.75) is 12.3 Å². The molecule has 9 heteroatoms. The van der Waals surface area contributed by atoms with E-state index in [2.05, 4.69) is 5.32 Å². The van der Waals surface area contributed by atoms with Crippen LogP contribution in [0.1, 0.15) is 49.7 Å². The van der Waals surface area contributed by atoms with E-state index in [0.29, 0.717) is 52.1 Å². The van der Waals surface area contributed by atoms with E-state index < -0.39 is 5.97 Å². The second-order valence-corrected chi connectivity index (χ2v) is 8.42. The Morgan fingerprint density at radius 1 is 0.944 bits per heavy atom. The third kappa shape index (κ3) is 4.83. The largest absolute Gasteiger partial charge is 0.493 e. The average molecular weight is 508 g/mol. The quantitative estimate of drug-likeness (QED) is 0.432. The number of carbonyl (C=O) groups excluding carboxylic acids is 1. The minimum atomic E-state index is -1.03. The Kier molecular flexibility index (Phi) is 7.40.